The molecule has 0 atom stereocenters. The van der Waals surface area contributed by atoms with Gasteiger partial charge in [-0.25, -0.2) is 4.98 Å². The molecule has 0 spiro atoms. The Hall–Kier alpha value is -2.01. The van der Waals surface area contributed by atoms with Crippen molar-refractivity contribution in [3.05, 3.63) is 40.9 Å². The van der Waals surface area contributed by atoms with Gasteiger partial charge in [-0.05, 0) is 40.2 Å². The van der Waals surface area contributed by atoms with Crippen LogP contribution in [-0.2, 0) is 0 Å². The van der Waals surface area contributed by atoms with Crippen LogP contribution < -0.4 is 0 Å². The van der Waals surface area contributed by atoms with E-state index in [1.54, 1.807) is 12.1 Å². The fraction of sp³-hybridized carbons (Fsp3) is 0. The average Bonchev–Trinajstić information content (AvgIpc) is 2.79. The molecule has 1 heterocycles. The van der Waals surface area contributed by atoms with Gasteiger partial charge in [-0.15, -0.1) is 0 Å². The zero-order valence-electron chi connectivity index (χ0n) is 9.18. The molecule has 3 aromatic rings. The molecule has 3 N–H and O–H groups in total. The zero-order valence-corrected chi connectivity index (χ0v) is 10.8. The Labute approximate surface area is 111 Å². The van der Waals surface area contributed by atoms with Crippen molar-refractivity contribution in [1.29, 1.82) is 0 Å². The maximum absolute atomic E-state index is 9.67. The van der Waals surface area contributed by atoms with E-state index in [1.807, 2.05) is 24.3 Å². The van der Waals surface area contributed by atoms with Gasteiger partial charge in [0, 0.05) is 5.56 Å². The maximum Gasteiger partial charge on any atom is 0.138 e. The molecule has 0 aliphatic heterocycles. The highest BCUT2D eigenvalue weighted by Gasteiger charge is 2.11. The summed E-state index contributed by atoms with van der Waals surface area (Å²) in [4.78, 5) is 7.54. The Morgan fingerprint density at radius 1 is 1.06 bits per heavy atom. The van der Waals surface area contributed by atoms with Crippen LogP contribution >= 0.6 is 15.9 Å². The second-order valence-corrected chi connectivity index (χ2v) is 4.72. The number of phenolic OH excluding ortho intramolecular Hbond substituents is 2. The number of rotatable bonds is 1. The Morgan fingerprint density at radius 3 is 2.39 bits per heavy atom. The molecule has 0 unspecified atom stereocenters. The molecule has 0 aliphatic rings. The van der Waals surface area contributed by atoms with Gasteiger partial charge in [0.15, 0.2) is 0 Å². The molecule has 0 aliphatic carbocycles. The minimum atomic E-state index is -0.0227. The zero-order chi connectivity index (χ0) is 12.7. The molecular formula is C13H9BrN2O2. The average molecular weight is 305 g/mol. The SMILES string of the molecule is Oc1cc(-c2nc3ccccc3[nH]2)cc(O)c1Br. The van der Waals surface area contributed by atoms with Crippen molar-refractivity contribution in [2.24, 2.45) is 0 Å². The molecule has 0 amide bonds. The summed E-state index contributed by atoms with van der Waals surface area (Å²) >= 11 is 3.09. The van der Waals surface area contributed by atoms with Crippen molar-refractivity contribution in [1.82, 2.24) is 9.97 Å². The van der Waals surface area contributed by atoms with Gasteiger partial charge in [0.25, 0.3) is 0 Å². The first-order chi connectivity index (χ1) is 8.65. The first kappa shape index (κ1) is 11.1. The second-order valence-electron chi connectivity index (χ2n) is 3.93. The van der Waals surface area contributed by atoms with Crippen molar-refractivity contribution in [3.63, 3.8) is 0 Å². The fourth-order valence-corrected chi connectivity index (χ4v) is 2.05. The predicted octanol–water partition coefficient (Wildman–Crippen LogP) is 3.40. The largest absolute Gasteiger partial charge is 0.507 e. The summed E-state index contributed by atoms with van der Waals surface area (Å²) in [6.45, 7) is 0. The van der Waals surface area contributed by atoms with E-state index in [2.05, 4.69) is 25.9 Å². The molecule has 0 saturated carbocycles. The third kappa shape index (κ3) is 1.73. The quantitative estimate of drug-likeness (QED) is 0.645. The summed E-state index contributed by atoms with van der Waals surface area (Å²) in [5, 5.41) is 19.3. The van der Waals surface area contributed by atoms with E-state index in [4.69, 9.17) is 0 Å². The van der Waals surface area contributed by atoms with Crippen LogP contribution in [0.15, 0.2) is 40.9 Å². The Kier molecular flexibility index (Phi) is 2.48. The van der Waals surface area contributed by atoms with E-state index < -0.39 is 0 Å². The Balaban J connectivity index is 2.20. The summed E-state index contributed by atoms with van der Waals surface area (Å²) in [6, 6.07) is 10.7. The minimum absolute atomic E-state index is 0.0227. The second kappa shape index (κ2) is 4.03. The van der Waals surface area contributed by atoms with E-state index in [0.717, 1.165) is 11.0 Å². The molecule has 1 aromatic heterocycles. The highest BCUT2D eigenvalue weighted by atomic mass is 79.9. The molecule has 18 heavy (non-hydrogen) atoms. The van der Waals surface area contributed by atoms with Crippen LogP contribution in [0.2, 0.25) is 0 Å². The molecule has 90 valence electrons. The number of para-hydroxylation sites is 2. The van der Waals surface area contributed by atoms with Gasteiger partial charge in [-0.3, -0.25) is 0 Å². The van der Waals surface area contributed by atoms with Gasteiger partial charge in [0.1, 0.15) is 21.8 Å². The van der Waals surface area contributed by atoms with Crippen LogP contribution in [0.1, 0.15) is 0 Å². The van der Waals surface area contributed by atoms with Gasteiger partial charge in [0.2, 0.25) is 0 Å². The summed E-state index contributed by atoms with van der Waals surface area (Å²) < 4.78 is 0.280. The fourth-order valence-electron chi connectivity index (χ4n) is 1.82. The van der Waals surface area contributed by atoms with E-state index in [0.29, 0.717) is 11.4 Å². The van der Waals surface area contributed by atoms with Crippen LogP contribution in [0.4, 0.5) is 0 Å². The predicted molar refractivity (Wildman–Crippen MR) is 72.6 cm³/mol. The minimum Gasteiger partial charge on any atom is -0.507 e. The van der Waals surface area contributed by atoms with Crippen molar-refractivity contribution < 1.29 is 10.2 Å². The number of hydrogen-bond acceptors (Lipinski definition) is 3. The number of phenols is 2. The topological polar surface area (TPSA) is 69.1 Å². The third-order valence-corrected chi connectivity index (χ3v) is 3.51. The molecule has 3 rings (SSSR count). The van der Waals surface area contributed by atoms with E-state index in [1.165, 1.54) is 0 Å². The van der Waals surface area contributed by atoms with Crippen LogP contribution in [-0.4, -0.2) is 20.2 Å². The number of benzene rings is 2. The van der Waals surface area contributed by atoms with E-state index in [-0.39, 0.29) is 16.0 Å². The lowest BCUT2D eigenvalue weighted by Crippen LogP contribution is -1.81. The first-order valence-electron chi connectivity index (χ1n) is 5.32. The molecule has 2 aromatic carbocycles. The van der Waals surface area contributed by atoms with Crippen LogP contribution in [0.25, 0.3) is 22.4 Å². The van der Waals surface area contributed by atoms with Crippen LogP contribution in [0, 0.1) is 0 Å². The third-order valence-electron chi connectivity index (χ3n) is 2.70. The van der Waals surface area contributed by atoms with Crippen molar-refractivity contribution in [2.45, 2.75) is 0 Å². The lowest BCUT2D eigenvalue weighted by molar-refractivity contribution is 0.445. The number of aromatic hydroxyl groups is 2. The number of aromatic amines is 1. The van der Waals surface area contributed by atoms with Gasteiger partial charge in [-0.1, -0.05) is 12.1 Å². The lowest BCUT2D eigenvalue weighted by Gasteiger charge is -2.03. The smallest absolute Gasteiger partial charge is 0.138 e. The summed E-state index contributed by atoms with van der Waals surface area (Å²) in [6.07, 6.45) is 0. The molecule has 0 radical (unpaired) electrons. The molecule has 0 saturated heterocycles. The Bertz CT molecular complexity index is 681. The first-order valence-corrected chi connectivity index (χ1v) is 6.11. The highest BCUT2D eigenvalue weighted by Crippen LogP contribution is 2.37. The molecule has 0 bridgehead atoms. The van der Waals surface area contributed by atoms with E-state index in [9.17, 15) is 10.2 Å². The summed E-state index contributed by atoms with van der Waals surface area (Å²) in [5.74, 6) is 0.560. The summed E-state index contributed by atoms with van der Waals surface area (Å²) in [5.41, 5.74) is 2.38. The number of H-pyrrole nitrogens is 1. The number of fused-ring (bicyclic) bond motifs is 1. The summed E-state index contributed by atoms with van der Waals surface area (Å²) in [7, 11) is 0. The Morgan fingerprint density at radius 2 is 1.72 bits per heavy atom. The monoisotopic (exact) mass is 304 g/mol. The van der Waals surface area contributed by atoms with Crippen molar-refractivity contribution >= 4 is 27.0 Å². The number of hydrogen-bond donors (Lipinski definition) is 3. The van der Waals surface area contributed by atoms with Crippen molar-refractivity contribution in [2.75, 3.05) is 0 Å². The van der Waals surface area contributed by atoms with Crippen molar-refractivity contribution in [3.8, 4) is 22.9 Å². The van der Waals surface area contributed by atoms with Gasteiger partial charge >= 0.3 is 0 Å². The molecule has 0 fully saturated rings. The van der Waals surface area contributed by atoms with Crippen LogP contribution in [0.5, 0.6) is 11.5 Å². The molecule has 4 nitrogen and oxygen atoms in total. The molecular weight excluding hydrogens is 296 g/mol. The normalized spacial score (nSPS) is 10.9. The maximum atomic E-state index is 9.67. The number of halogens is 1. The number of imidazole rings is 1. The highest BCUT2D eigenvalue weighted by molar-refractivity contribution is 9.10. The number of aromatic nitrogens is 2. The standard InChI is InChI=1S/C13H9BrN2O2/c14-12-10(17)5-7(6-11(12)18)13-15-8-3-1-2-4-9(8)16-13/h1-6,17-18H,(H,15,16). The van der Waals surface area contributed by atoms with Crippen LogP contribution in [0.3, 0.4) is 0 Å². The number of nitrogens with zero attached hydrogens (tertiary/aromatic N) is 1. The van der Waals surface area contributed by atoms with Gasteiger partial charge < -0.3 is 15.2 Å². The van der Waals surface area contributed by atoms with Gasteiger partial charge in [0.05, 0.1) is 11.0 Å². The lowest BCUT2D eigenvalue weighted by atomic mass is 10.2. The van der Waals surface area contributed by atoms with E-state index >= 15 is 0 Å². The molecule has 5 heteroatoms. The number of nitrogens with one attached hydrogen (secondary N) is 1. The van der Waals surface area contributed by atoms with Gasteiger partial charge in [-0.2, -0.15) is 0 Å².